The monoisotopic (exact) mass is 239 g/mol. The molecule has 0 atom stereocenters. The molecule has 0 spiro atoms. The summed E-state index contributed by atoms with van der Waals surface area (Å²) in [6, 6.07) is 0. The minimum absolute atomic E-state index is 0.112. The summed E-state index contributed by atoms with van der Waals surface area (Å²) in [5.74, 6) is 0. The van der Waals surface area contributed by atoms with Gasteiger partial charge in [0.25, 0.3) is 0 Å². The number of allylic oxidation sites excluding steroid dienone is 2. The van der Waals surface area contributed by atoms with Gasteiger partial charge in [-0.2, -0.15) is 0 Å². The standard InChI is InChI=1S/C16H31O/c1-2-3-4-5-6-7-8-9-10-11-12-13-14-15-16-17/h7-8H,2-6,9-16H2,1H3/b8-7-. The van der Waals surface area contributed by atoms with E-state index in [1.54, 1.807) is 0 Å². The van der Waals surface area contributed by atoms with Crippen LogP contribution < -0.4 is 0 Å². The van der Waals surface area contributed by atoms with Crippen LogP contribution in [0.1, 0.15) is 84.0 Å². The fourth-order valence-electron chi connectivity index (χ4n) is 2.00. The van der Waals surface area contributed by atoms with Crippen LogP contribution in [0, 0.1) is 0 Å². The van der Waals surface area contributed by atoms with Crippen molar-refractivity contribution in [3.05, 3.63) is 12.2 Å². The lowest BCUT2D eigenvalue weighted by molar-refractivity contribution is 0.186. The molecule has 1 heteroatoms. The number of unbranched alkanes of at least 4 members (excludes halogenated alkanes) is 10. The molecule has 0 aliphatic rings. The van der Waals surface area contributed by atoms with Gasteiger partial charge in [-0.1, -0.05) is 64.0 Å². The van der Waals surface area contributed by atoms with E-state index in [9.17, 15) is 5.11 Å². The molecule has 101 valence electrons. The van der Waals surface area contributed by atoms with E-state index < -0.39 is 0 Å². The molecule has 0 aromatic heterocycles. The zero-order chi connectivity index (χ0) is 12.6. The third-order valence-electron chi connectivity index (χ3n) is 3.16. The minimum atomic E-state index is 0.112. The quantitative estimate of drug-likeness (QED) is 0.291. The van der Waals surface area contributed by atoms with Crippen molar-refractivity contribution in [2.45, 2.75) is 84.0 Å². The molecule has 0 amide bonds. The lowest BCUT2D eigenvalue weighted by Gasteiger charge is -1.98. The Bertz CT molecular complexity index is 152. The Labute approximate surface area is 108 Å². The van der Waals surface area contributed by atoms with E-state index in [1.165, 1.54) is 64.2 Å². The van der Waals surface area contributed by atoms with Gasteiger partial charge in [-0.3, -0.25) is 0 Å². The maximum absolute atomic E-state index is 10.2. The lowest BCUT2D eigenvalue weighted by Crippen LogP contribution is -1.82. The van der Waals surface area contributed by atoms with Crippen molar-refractivity contribution in [3.63, 3.8) is 0 Å². The van der Waals surface area contributed by atoms with Crippen molar-refractivity contribution in [2.24, 2.45) is 0 Å². The second kappa shape index (κ2) is 15.7. The Morgan fingerprint density at radius 1 is 0.647 bits per heavy atom. The summed E-state index contributed by atoms with van der Waals surface area (Å²) in [5.41, 5.74) is 0. The molecule has 17 heavy (non-hydrogen) atoms. The average molecular weight is 239 g/mol. The molecular weight excluding hydrogens is 208 g/mol. The molecule has 1 radical (unpaired) electrons. The van der Waals surface area contributed by atoms with Crippen LogP contribution in [0.25, 0.3) is 0 Å². The van der Waals surface area contributed by atoms with Crippen LogP contribution in [0.5, 0.6) is 0 Å². The van der Waals surface area contributed by atoms with Gasteiger partial charge in [0.1, 0.15) is 0 Å². The highest BCUT2D eigenvalue weighted by Crippen LogP contribution is 2.08. The van der Waals surface area contributed by atoms with Gasteiger partial charge in [0.2, 0.25) is 0 Å². The molecule has 0 saturated carbocycles. The fraction of sp³-hybridized carbons (Fsp3) is 0.875. The predicted octanol–water partition coefficient (Wildman–Crippen LogP) is 5.67. The molecule has 1 nitrogen and oxygen atoms in total. The van der Waals surface area contributed by atoms with Crippen LogP contribution in [0.3, 0.4) is 0 Å². The second-order valence-electron chi connectivity index (χ2n) is 4.93. The summed E-state index contributed by atoms with van der Waals surface area (Å²) in [5, 5.41) is 10.2. The number of hydrogen-bond acceptors (Lipinski definition) is 0. The maximum atomic E-state index is 10.2. The van der Waals surface area contributed by atoms with Crippen molar-refractivity contribution in [1.29, 1.82) is 0 Å². The van der Waals surface area contributed by atoms with E-state index in [1.807, 2.05) is 0 Å². The first kappa shape index (κ1) is 16.7. The number of hydrogen-bond donors (Lipinski definition) is 0. The van der Waals surface area contributed by atoms with Crippen LogP contribution in [0.4, 0.5) is 0 Å². The van der Waals surface area contributed by atoms with E-state index in [0.29, 0.717) is 0 Å². The van der Waals surface area contributed by atoms with Crippen molar-refractivity contribution in [3.8, 4) is 0 Å². The summed E-state index contributed by atoms with van der Waals surface area (Å²) in [6.07, 6.45) is 19.9. The van der Waals surface area contributed by atoms with Gasteiger partial charge in [-0.05, 0) is 32.1 Å². The minimum Gasteiger partial charge on any atom is -0.237 e. The zero-order valence-electron chi connectivity index (χ0n) is 11.8. The van der Waals surface area contributed by atoms with E-state index in [-0.39, 0.29) is 6.61 Å². The molecule has 0 aromatic rings. The average Bonchev–Trinajstić information content (AvgIpc) is 2.35. The summed E-state index contributed by atoms with van der Waals surface area (Å²) in [6.45, 7) is 2.37. The van der Waals surface area contributed by atoms with Gasteiger partial charge < -0.3 is 0 Å². The molecule has 0 unspecified atom stereocenters. The van der Waals surface area contributed by atoms with Crippen molar-refractivity contribution in [2.75, 3.05) is 6.61 Å². The predicted molar refractivity (Wildman–Crippen MR) is 75.8 cm³/mol. The van der Waals surface area contributed by atoms with Crippen molar-refractivity contribution in [1.82, 2.24) is 0 Å². The molecule has 0 aromatic carbocycles. The summed E-state index contributed by atoms with van der Waals surface area (Å²) in [4.78, 5) is 0. The first-order valence-corrected chi connectivity index (χ1v) is 7.65. The van der Waals surface area contributed by atoms with Crippen molar-refractivity contribution >= 4 is 0 Å². The van der Waals surface area contributed by atoms with Gasteiger partial charge in [-0.25, -0.2) is 5.11 Å². The van der Waals surface area contributed by atoms with Gasteiger partial charge in [0.05, 0.1) is 6.61 Å². The van der Waals surface area contributed by atoms with Crippen LogP contribution in [0.15, 0.2) is 12.2 Å². The largest absolute Gasteiger partial charge is 0.237 e. The van der Waals surface area contributed by atoms with Gasteiger partial charge in [-0.15, -0.1) is 0 Å². The third kappa shape index (κ3) is 15.7. The fourth-order valence-corrected chi connectivity index (χ4v) is 2.00. The van der Waals surface area contributed by atoms with Crippen LogP contribution in [0.2, 0.25) is 0 Å². The van der Waals surface area contributed by atoms with E-state index in [0.717, 1.165) is 12.8 Å². The molecule has 0 fully saturated rings. The molecule has 0 bridgehead atoms. The Hall–Kier alpha value is -0.300. The van der Waals surface area contributed by atoms with Crippen molar-refractivity contribution < 1.29 is 5.11 Å². The Morgan fingerprint density at radius 3 is 1.65 bits per heavy atom. The van der Waals surface area contributed by atoms with Gasteiger partial charge in [0, 0.05) is 0 Å². The number of rotatable bonds is 13. The third-order valence-corrected chi connectivity index (χ3v) is 3.16. The molecular formula is C16H31O. The Balaban J connectivity index is 2.99. The topological polar surface area (TPSA) is 19.9 Å². The zero-order valence-corrected chi connectivity index (χ0v) is 11.8. The smallest absolute Gasteiger partial charge is 0.0822 e. The lowest BCUT2D eigenvalue weighted by atomic mass is 10.1. The molecule has 0 aliphatic heterocycles. The van der Waals surface area contributed by atoms with E-state index in [2.05, 4.69) is 19.1 Å². The van der Waals surface area contributed by atoms with Crippen LogP contribution in [-0.2, 0) is 5.11 Å². The Morgan fingerprint density at radius 2 is 1.12 bits per heavy atom. The normalized spacial score (nSPS) is 11.4. The molecule has 0 aliphatic carbocycles. The first-order chi connectivity index (χ1) is 8.41. The Kier molecular flexibility index (Phi) is 15.4. The summed E-state index contributed by atoms with van der Waals surface area (Å²) in [7, 11) is 0. The molecule has 0 rings (SSSR count). The summed E-state index contributed by atoms with van der Waals surface area (Å²) >= 11 is 0. The van der Waals surface area contributed by atoms with Crippen LogP contribution >= 0.6 is 0 Å². The maximum Gasteiger partial charge on any atom is 0.0822 e. The summed E-state index contributed by atoms with van der Waals surface area (Å²) < 4.78 is 0. The second-order valence-corrected chi connectivity index (χ2v) is 4.93. The van der Waals surface area contributed by atoms with Gasteiger partial charge >= 0.3 is 0 Å². The highest BCUT2D eigenvalue weighted by atomic mass is 16.2. The van der Waals surface area contributed by atoms with Crippen LogP contribution in [-0.4, -0.2) is 6.61 Å². The molecule has 0 heterocycles. The first-order valence-electron chi connectivity index (χ1n) is 7.65. The van der Waals surface area contributed by atoms with Gasteiger partial charge in [0.15, 0.2) is 0 Å². The highest BCUT2D eigenvalue weighted by Gasteiger charge is 1.90. The van der Waals surface area contributed by atoms with E-state index >= 15 is 0 Å². The van der Waals surface area contributed by atoms with E-state index in [4.69, 9.17) is 0 Å². The molecule has 0 saturated heterocycles. The molecule has 0 N–H and O–H groups in total. The highest BCUT2D eigenvalue weighted by molar-refractivity contribution is 4.81. The SMILES string of the molecule is CCCCCC/C=C\CCCCCCCC[O].